The number of benzene rings is 1. The van der Waals surface area contributed by atoms with Crippen LogP contribution in [-0.2, 0) is 16.0 Å². The van der Waals surface area contributed by atoms with Gasteiger partial charge >= 0.3 is 0 Å². The fourth-order valence-corrected chi connectivity index (χ4v) is 2.95. The van der Waals surface area contributed by atoms with Crippen LogP contribution in [-0.4, -0.2) is 41.8 Å². The van der Waals surface area contributed by atoms with Gasteiger partial charge in [-0.3, -0.25) is 14.6 Å². The molecule has 1 aromatic heterocycles. The highest BCUT2D eigenvalue weighted by Gasteiger charge is 2.17. The van der Waals surface area contributed by atoms with Gasteiger partial charge in [0.05, 0.1) is 6.42 Å². The molecule has 0 aliphatic carbocycles. The molecule has 0 fully saturated rings. The van der Waals surface area contributed by atoms with Crippen LogP contribution in [0.5, 0.6) is 0 Å². The van der Waals surface area contributed by atoms with Gasteiger partial charge in [-0.15, -0.1) is 0 Å². The minimum absolute atomic E-state index is 0.00108. The smallest absolute Gasteiger partial charge is 0.225 e. The summed E-state index contributed by atoms with van der Waals surface area (Å²) in [7, 11) is 1.83. The van der Waals surface area contributed by atoms with Crippen molar-refractivity contribution < 1.29 is 9.59 Å². The molecule has 1 aromatic carbocycles. The largest absolute Gasteiger partial charge is 0.355 e. The monoisotopic (exact) mass is 355 g/mol. The standard InChI is InChI=1S/C21H29N3O2/c1-5-16(3)21(26)24(4)14-15(2)12-23-20(25)11-17-6-7-19-13-22-9-8-18(19)10-17/h6-10,13,15-16H,5,11-12,14H2,1-4H3,(H,23,25). The molecule has 140 valence electrons. The maximum Gasteiger partial charge on any atom is 0.225 e. The first kappa shape index (κ1) is 19.9. The topological polar surface area (TPSA) is 62.3 Å². The Bertz CT molecular complexity index is 760. The van der Waals surface area contributed by atoms with E-state index in [1.807, 2.05) is 58.3 Å². The molecule has 0 spiro atoms. The molecule has 0 saturated heterocycles. The number of carbonyl (C=O) groups excluding carboxylic acids is 2. The van der Waals surface area contributed by atoms with Gasteiger partial charge in [-0.2, -0.15) is 0 Å². The van der Waals surface area contributed by atoms with Crippen molar-refractivity contribution in [3.8, 4) is 0 Å². The van der Waals surface area contributed by atoms with Crippen LogP contribution >= 0.6 is 0 Å². The van der Waals surface area contributed by atoms with Gasteiger partial charge in [0.1, 0.15) is 0 Å². The lowest BCUT2D eigenvalue weighted by Crippen LogP contribution is -2.38. The molecule has 2 unspecified atom stereocenters. The molecule has 2 rings (SSSR count). The molecule has 2 amide bonds. The second-order valence-corrected chi connectivity index (χ2v) is 7.17. The third-order valence-corrected chi connectivity index (χ3v) is 4.71. The average Bonchev–Trinajstić information content (AvgIpc) is 2.65. The Morgan fingerprint density at radius 2 is 1.96 bits per heavy atom. The van der Waals surface area contributed by atoms with Gasteiger partial charge < -0.3 is 10.2 Å². The second-order valence-electron chi connectivity index (χ2n) is 7.17. The molecular formula is C21H29N3O2. The zero-order valence-corrected chi connectivity index (χ0v) is 16.2. The number of pyridine rings is 1. The molecular weight excluding hydrogens is 326 g/mol. The van der Waals surface area contributed by atoms with E-state index in [9.17, 15) is 9.59 Å². The molecule has 0 saturated carbocycles. The summed E-state index contributed by atoms with van der Waals surface area (Å²) in [5.74, 6) is 0.419. The summed E-state index contributed by atoms with van der Waals surface area (Å²) < 4.78 is 0. The lowest BCUT2D eigenvalue weighted by Gasteiger charge is -2.24. The molecule has 1 heterocycles. The minimum Gasteiger partial charge on any atom is -0.355 e. The summed E-state index contributed by atoms with van der Waals surface area (Å²) in [5.41, 5.74) is 0.984. The van der Waals surface area contributed by atoms with Gasteiger partial charge in [0.25, 0.3) is 0 Å². The number of rotatable bonds is 8. The van der Waals surface area contributed by atoms with Gasteiger partial charge in [-0.1, -0.05) is 39.0 Å². The van der Waals surface area contributed by atoms with Crippen molar-refractivity contribution in [2.75, 3.05) is 20.1 Å². The van der Waals surface area contributed by atoms with Crippen LogP contribution in [0.25, 0.3) is 10.8 Å². The Balaban J connectivity index is 1.81. The minimum atomic E-state index is 0.00108. The predicted molar refractivity (Wildman–Crippen MR) is 105 cm³/mol. The third kappa shape index (κ3) is 5.55. The van der Waals surface area contributed by atoms with Crippen molar-refractivity contribution in [1.82, 2.24) is 15.2 Å². The summed E-state index contributed by atoms with van der Waals surface area (Å²) in [6.07, 6.45) is 4.77. The number of hydrogen-bond donors (Lipinski definition) is 1. The summed E-state index contributed by atoms with van der Waals surface area (Å²) in [5, 5.41) is 5.13. The number of aromatic nitrogens is 1. The highest BCUT2D eigenvalue weighted by Crippen LogP contribution is 2.15. The molecule has 2 aromatic rings. The quantitative estimate of drug-likeness (QED) is 0.792. The summed E-state index contributed by atoms with van der Waals surface area (Å²) >= 11 is 0. The highest BCUT2D eigenvalue weighted by atomic mass is 16.2. The average molecular weight is 355 g/mol. The Kier molecular flexibility index (Phi) is 7.13. The normalized spacial score (nSPS) is 13.2. The fraction of sp³-hybridized carbons (Fsp3) is 0.476. The van der Waals surface area contributed by atoms with Crippen molar-refractivity contribution in [1.29, 1.82) is 0 Å². The summed E-state index contributed by atoms with van der Waals surface area (Å²) in [6, 6.07) is 7.93. The molecule has 5 heteroatoms. The van der Waals surface area contributed by atoms with E-state index in [4.69, 9.17) is 0 Å². The van der Waals surface area contributed by atoms with Gasteiger partial charge in [0.15, 0.2) is 0 Å². The zero-order valence-electron chi connectivity index (χ0n) is 16.2. The van der Waals surface area contributed by atoms with Crippen molar-refractivity contribution in [3.05, 3.63) is 42.2 Å². The molecule has 0 bridgehead atoms. The molecule has 0 radical (unpaired) electrons. The van der Waals surface area contributed by atoms with Crippen molar-refractivity contribution in [2.24, 2.45) is 11.8 Å². The van der Waals surface area contributed by atoms with Gasteiger partial charge in [-0.25, -0.2) is 0 Å². The van der Waals surface area contributed by atoms with E-state index >= 15 is 0 Å². The van der Waals surface area contributed by atoms with Crippen molar-refractivity contribution in [2.45, 2.75) is 33.6 Å². The Morgan fingerprint density at radius 3 is 2.69 bits per heavy atom. The van der Waals surface area contributed by atoms with Crippen LogP contribution in [0.3, 0.4) is 0 Å². The third-order valence-electron chi connectivity index (χ3n) is 4.71. The van der Waals surface area contributed by atoms with E-state index in [0.717, 1.165) is 22.8 Å². The molecule has 5 nitrogen and oxygen atoms in total. The number of carbonyl (C=O) groups is 2. The maximum absolute atomic E-state index is 12.2. The highest BCUT2D eigenvalue weighted by molar-refractivity contribution is 5.84. The Labute approximate surface area is 155 Å². The van der Waals surface area contributed by atoms with E-state index in [2.05, 4.69) is 10.3 Å². The van der Waals surface area contributed by atoms with Gasteiger partial charge in [0.2, 0.25) is 11.8 Å². The number of amides is 2. The van der Waals surface area contributed by atoms with Crippen LogP contribution in [0.15, 0.2) is 36.7 Å². The Hall–Kier alpha value is -2.43. The first-order valence-corrected chi connectivity index (χ1v) is 9.25. The van der Waals surface area contributed by atoms with Crippen molar-refractivity contribution in [3.63, 3.8) is 0 Å². The zero-order chi connectivity index (χ0) is 19.1. The van der Waals surface area contributed by atoms with Crippen LogP contribution in [0.1, 0.15) is 32.8 Å². The molecule has 1 N–H and O–H groups in total. The van der Waals surface area contributed by atoms with E-state index in [-0.39, 0.29) is 23.7 Å². The molecule has 0 aliphatic rings. The lowest BCUT2D eigenvalue weighted by molar-refractivity contribution is -0.134. The maximum atomic E-state index is 12.2. The summed E-state index contributed by atoms with van der Waals surface area (Å²) in [4.78, 5) is 30.2. The molecule has 26 heavy (non-hydrogen) atoms. The van der Waals surface area contributed by atoms with Crippen LogP contribution in [0, 0.1) is 11.8 Å². The van der Waals surface area contributed by atoms with Gasteiger partial charge in [-0.05, 0) is 29.4 Å². The molecule has 2 atom stereocenters. The number of nitrogens with zero attached hydrogens (tertiary/aromatic N) is 2. The first-order valence-electron chi connectivity index (χ1n) is 9.25. The van der Waals surface area contributed by atoms with Crippen molar-refractivity contribution >= 4 is 22.6 Å². The molecule has 0 aliphatic heterocycles. The number of hydrogen-bond acceptors (Lipinski definition) is 3. The van der Waals surface area contributed by atoms with Crippen LogP contribution in [0.4, 0.5) is 0 Å². The predicted octanol–water partition coefficient (Wildman–Crippen LogP) is 3.03. The summed E-state index contributed by atoms with van der Waals surface area (Å²) in [6.45, 7) is 7.22. The van der Waals surface area contributed by atoms with Gasteiger partial charge in [0, 0.05) is 43.8 Å². The van der Waals surface area contributed by atoms with Crippen LogP contribution < -0.4 is 5.32 Å². The fourth-order valence-electron chi connectivity index (χ4n) is 2.95. The first-order chi connectivity index (χ1) is 12.4. The second kappa shape index (κ2) is 9.32. The lowest BCUT2D eigenvalue weighted by atomic mass is 10.1. The van der Waals surface area contributed by atoms with E-state index < -0.39 is 0 Å². The van der Waals surface area contributed by atoms with E-state index in [1.54, 1.807) is 11.1 Å². The van der Waals surface area contributed by atoms with Crippen LogP contribution in [0.2, 0.25) is 0 Å². The number of fused-ring (bicyclic) bond motifs is 1. The van der Waals surface area contributed by atoms with E-state index in [0.29, 0.717) is 19.5 Å². The SMILES string of the molecule is CCC(C)C(=O)N(C)CC(C)CNC(=O)Cc1ccc2cnccc2c1. The Morgan fingerprint density at radius 1 is 1.19 bits per heavy atom. The number of nitrogens with one attached hydrogen (secondary N) is 1. The van der Waals surface area contributed by atoms with E-state index in [1.165, 1.54) is 0 Å².